The molecule has 0 radical (unpaired) electrons. The molecule has 0 saturated heterocycles. The summed E-state index contributed by atoms with van der Waals surface area (Å²) in [7, 11) is -1.45. The van der Waals surface area contributed by atoms with E-state index in [2.05, 4.69) is 32.9 Å². The highest BCUT2D eigenvalue weighted by Crippen LogP contribution is 2.23. The molecule has 0 aromatic heterocycles. The zero-order valence-electron chi connectivity index (χ0n) is 10.6. The largest absolute Gasteiger partial charge is 0.413 e. The number of nitrogens with two attached hydrogens (primary N) is 1. The van der Waals surface area contributed by atoms with Crippen molar-refractivity contribution in [3.05, 3.63) is 29.8 Å². The van der Waals surface area contributed by atoms with Crippen molar-refractivity contribution in [1.29, 1.82) is 0 Å². The van der Waals surface area contributed by atoms with Gasteiger partial charge in [-0.05, 0) is 35.8 Å². The Balaban J connectivity index is 2.58. The van der Waals surface area contributed by atoms with Crippen LogP contribution in [0.3, 0.4) is 0 Å². The van der Waals surface area contributed by atoms with E-state index in [0.717, 1.165) is 12.3 Å². The van der Waals surface area contributed by atoms with Crippen molar-refractivity contribution < 1.29 is 4.43 Å². The van der Waals surface area contributed by atoms with E-state index in [0.29, 0.717) is 0 Å². The van der Waals surface area contributed by atoms with Gasteiger partial charge in [0.05, 0.1) is 6.61 Å². The van der Waals surface area contributed by atoms with Gasteiger partial charge in [0, 0.05) is 5.69 Å². The van der Waals surface area contributed by atoms with Crippen LogP contribution in [-0.2, 0) is 11.0 Å². The lowest BCUT2D eigenvalue weighted by molar-refractivity contribution is 0.287. The molecule has 0 aliphatic heterocycles. The van der Waals surface area contributed by atoms with E-state index in [4.69, 9.17) is 10.2 Å². The van der Waals surface area contributed by atoms with E-state index in [9.17, 15) is 0 Å². The minimum atomic E-state index is -1.45. The molecule has 0 spiro atoms. The van der Waals surface area contributed by atoms with Gasteiger partial charge in [-0.2, -0.15) is 0 Å². The first-order valence-electron chi connectivity index (χ1n) is 6.14. The van der Waals surface area contributed by atoms with Crippen LogP contribution >= 0.6 is 0 Å². The van der Waals surface area contributed by atoms with Crippen LogP contribution in [0.2, 0.25) is 18.1 Å². The van der Waals surface area contributed by atoms with E-state index in [1.807, 2.05) is 12.1 Å². The molecular weight excluding hydrogens is 214 g/mol. The van der Waals surface area contributed by atoms with E-state index in [-0.39, 0.29) is 0 Å². The van der Waals surface area contributed by atoms with Crippen LogP contribution in [0.5, 0.6) is 0 Å². The number of nitrogen functional groups attached to an aromatic ring is 1. The molecule has 3 heteroatoms. The Kier molecular flexibility index (Phi) is 5.02. The van der Waals surface area contributed by atoms with Crippen LogP contribution in [0, 0.1) is 0 Å². The van der Waals surface area contributed by atoms with Crippen LogP contribution in [-0.4, -0.2) is 8.32 Å². The number of hydrogen-bond acceptors (Lipinski definition) is 2. The molecule has 0 bridgehead atoms. The highest BCUT2D eigenvalue weighted by atomic mass is 28.4. The summed E-state index contributed by atoms with van der Waals surface area (Å²) in [4.78, 5) is 0. The summed E-state index contributed by atoms with van der Waals surface area (Å²) in [6, 6.07) is 11.6. The van der Waals surface area contributed by atoms with Gasteiger partial charge in [-0.3, -0.25) is 0 Å². The summed E-state index contributed by atoms with van der Waals surface area (Å²) >= 11 is 0. The third kappa shape index (κ3) is 3.35. The Morgan fingerprint density at radius 3 is 1.94 bits per heavy atom. The quantitative estimate of drug-likeness (QED) is 0.603. The molecule has 2 N–H and O–H groups in total. The molecule has 0 atom stereocenters. The molecular formula is C13H23NOSi. The third-order valence-corrected chi connectivity index (χ3v) is 8.08. The van der Waals surface area contributed by atoms with Gasteiger partial charge in [-0.1, -0.05) is 32.9 Å². The van der Waals surface area contributed by atoms with Gasteiger partial charge in [0.2, 0.25) is 0 Å². The molecule has 0 amide bonds. The lowest BCUT2D eigenvalue weighted by atomic mass is 10.2. The van der Waals surface area contributed by atoms with Crippen molar-refractivity contribution in [2.75, 3.05) is 5.73 Å². The van der Waals surface area contributed by atoms with Crippen molar-refractivity contribution in [2.24, 2.45) is 0 Å². The number of anilines is 1. The molecule has 16 heavy (non-hydrogen) atoms. The zero-order valence-corrected chi connectivity index (χ0v) is 11.6. The Morgan fingerprint density at radius 2 is 1.50 bits per heavy atom. The zero-order chi connectivity index (χ0) is 12.0. The maximum atomic E-state index is 6.20. The van der Waals surface area contributed by atoms with E-state index in [1.165, 1.54) is 23.7 Å². The second kappa shape index (κ2) is 6.06. The van der Waals surface area contributed by atoms with Gasteiger partial charge >= 0.3 is 0 Å². The van der Waals surface area contributed by atoms with E-state index >= 15 is 0 Å². The van der Waals surface area contributed by atoms with Gasteiger partial charge < -0.3 is 10.2 Å². The van der Waals surface area contributed by atoms with E-state index in [1.54, 1.807) is 0 Å². The molecule has 1 aromatic rings. The minimum Gasteiger partial charge on any atom is -0.413 e. The van der Waals surface area contributed by atoms with Crippen molar-refractivity contribution >= 4 is 14.0 Å². The molecule has 0 aliphatic rings. The highest BCUT2D eigenvalue weighted by Gasteiger charge is 2.28. The highest BCUT2D eigenvalue weighted by molar-refractivity contribution is 6.73. The Labute approximate surface area is 99.9 Å². The SMILES string of the molecule is CC[Si](CC)(CC)OCc1ccc(N)cc1. The molecule has 2 nitrogen and oxygen atoms in total. The van der Waals surface area contributed by atoms with Gasteiger partial charge in [0.25, 0.3) is 0 Å². The maximum absolute atomic E-state index is 6.20. The summed E-state index contributed by atoms with van der Waals surface area (Å²) in [5.74, 6) is 0. The number of rotatable bonds is 6. The van der Waals surface area contributed by atoms with Crippen LogP contribution in [0.25, 0.3) is 0 Å². The van der Waals surface area contributed by atoms with Crippen molar-refractivity contribution in [1.82, 2.24) is 0 Å². The fourth-order valence-corrected chi connectivity index (χ4v) is 4.49. The maximum Gasteiger partial charge on any atom is 0.192 e. The molecule has 0 fully saturated rings. The third-order valence-electron chi connectivity index (χ3n) is 3.46. The summed E-state index contributed by atoms with van der Waals surface area (Å²) in [6.45, 7) is 7.49. The number of benzene rings is 1. The predicted octanol–water partition coefficient (Wildman–Crippen LogP) is 3.79. The van der Waals surface area contributed by atoms with Gasteiger partial charge in [-0.25, -0.2) is 0 Å². The second-order valence-electron chi connectivity index (χ2n) is 4.27. The van der Waals surface area contributed by atoms with Crippen LogP contribution < -0.4 is 5.73 Å². The summed E-state index contributed by atoms with van der Waals surface area (Å²) in [6.07, 6.45) is 0. The first kappa shape index (κ1) is 13.3. The smallest absolute Gasteiger partial charge is 0.192 e. The van der Waals surface area contributed by atoms with Crippen molar-refractivity contribution in [2.45, 2.75) is 45.5 Å². The average molecular weight is 237 g/mol. The summed E-state index contributed by atoms with van der Waals surface area (Å²) in [5, 5.41) is 0. The first-order valence-corrected chi connectivity index (χ1v) is 8.67. The predicted molar refractivity (Wildman–Crippen MR) is 72.8 cm³/mol. The van der Waals surface area contributed by atoms with Crippen LogP contribution in [0.4, 0.5) is 5.69 Å². The molecule has 0 saturated carbocycles. The van der Waals surface area contributed by atoms with Gasteiger partial charge in [-0.15, -0.1) is 0 Å². The lowest BCUT2D eigenvalue weighted by Crippen LogP contribution is -2.35. The summed E-state index contributed by atoms with van der Waals surface area (Å²) in [5.41, 5.74) is 7.69. The molecule has 0 heterocycles. The Bertz CT molecular complexity index is 298. The van der Waals surface area contributed by atoms with Crippen molar-refractivity contribution in [3.8, 4) is 0 Å². The van der Waals surface area contributed by atoms with E-state index < -0.39 is 8.32 Å². The molecule has 90 valence electrons. The van der Waals surface area contributed by atoms with Gasteiger partial charge in [0.1, 0.15) is 0 Å². The molecule has 1 aromatic carbocycles. The standard InChI is InChI=1S/C13H23NOSi/c1-4-16(5-2,6-3)15-11-12-7-9-13(14)10-8-12/h7-10H,4-6,11,14H2,1-3H3. The lowest BCUT2D eigenvalue weighted by Gasteiger charge is -2.28. The van der Waals surface area contributed by atoms with Crippen LogP contribution in [0.15, 0.2) is 24.3 Å². The normalized spacial score (nSPS) is 11.7. The van der Waals surface area contributed by atoms with Crippen molar-refractivity contribution in [3.63, 3.8) is 0 Å². The first-order chi connectivity index (χ1) is 7.65. The monoisotopic (exact) mass is 237 g/mol. The second-order valence-corrected chi connectivity index (χ2v) is 9.05. The summed E-state index contributed by atoms with van der Waals surface area (Å²) < 4.78 is 6.20. The fourth-order valence-electron chi connectivity index (χ4n) is 1.91. The average Bonchev–Trinajstić information content (AvgIpc) is 2.34. The topological polar surface area (TPSA) is 35.2 Å². The Morgan fingerprint density at radius 1 is 1.00 bits per heavy atom. The molecule has 0 unspecified atom stereocenters. The Hall–Kier alpha value is -0.803. The van der Waals surface area contributed by atoms with Gasteiger partial charge in [0.15, 0.2) is 8.32 Å². The minimum absolute atomic E-state index is 0.738. The fraction of sp³-hybridized carbons (Fsp3) is 0.538. The molecule has 0 aliphatic carbocycles. The molecule has 1 rings (SSSR count). The van der Waals surface area contributed by atoms with Crippen LogP contribution in [0.1, 0.15) is 26.3 Å². The number of hydrogen-bond donors (Lipinski definition) is 1.